The molecular formula is C20H22F3NOS. The molecule has 2 atom stereocenters. The van der Waals surface area contributed by atoms with Crippen molar-refractivity contribution in [2.24, 2.45) is 0 Å². The Bertz CT molecular complexity index is 765. The van der Waals surface area contributed by atoms with Crippen molar-refractivity contribution in [1.29, 1.82) is 0 Å². The minimum absolute atomic E-state index is 0.0295. The van der Waals surface area contributed by atoms with Crippen LogP contribution in [0.1, 0.15) is 31.9 Å². The first kappa shape index (κ1) is 20.4. The van der Waals surface area contributed by atoms with E-state index in [0.717, 1.165) is 0 Å². The van der Waals surface area contributed by atoms with Gasteiger partial charge in [-0.05, 0) is 43.5 Å². The van der Waals surface area contributed by atoms with Gasteiger partial charge >= 0.3 is 6.18 Å². The number of hydrogen-bond donors (Lipinski definition) is 1. The lowest BCUT2D eigenvalue weighted by Crippen LogP contribution is -2.48. The summed E-state index contributed by atoms with van der Waals surface area (Å²) in [7, 11) is -1.88. The molecular weight excluding hydrogens is 359 g/mol. The van der Waals surface area contributed by atoms with Crippen molar-refractivity contribution >= 4 is 22.6 Å². The van der Waals surface area contributed by atoms with Gasteiger partial charge in [-0.3, -0.25) is 0 Å². The number of rotatable bonds is 5. The predicted molar refractivity (Wildman–Crippen MR) is 102 cm³/mol. The Hall–Kier alpha value is -1.92. The summed E-state index contributed by atoms with van der Waals surface area (Å²) >= 11 is 0. The van der Waals surface area contributed by atoms with Gasteiger partial charge < -0.3 is 0 Å². The maximum Gasteiger partial charge on any atom is 0.408 e. The van der Waals surface area contributed by atoms with E-state index in [0.29, 0.717) is 11.1 Å². The molecule has 140 valence electrons. The largest absolute Gasteiger partial charge is 0.408 e. The van der Waals surface area contributed by atoms with Crippen molar-refractivity contribution in [2.45, 2.75) is 37.7 Å². The van der Waals surface area contributed by atoms with E-state index in [2.05, 4.69) is 4.72 Å². The van der Waals surface area contributed by atoms with Gasteiger partial charge in [-0.15, -0.1) is 0 Å². The molecule has 0 radical (unpaired) electrons. The van der Waals surface area contributed by atoms with Gasteiger partial charge in [-0.25, -0.2) is 8.93 Å². The zero-order valence-electron chi connectivity index (χ0n) is 14.9. The molecule has 2 aromatic rings. The fourth-order valence-corrected chi connectivity index (χ4v) is 3.11. The first-order valence-electron chi connectivity index (χ1n) is 8.16. The molecule has 2 aromatic carbocycles. The van der Waals surface area contributed by atoms with Crippen LogP contribution in [0.2, 0.25) is 0 Å². The normalized spacial score (nSPS) is 15.5. The summed E-state index contributed by atoms with van der Waals surface area (Å²) in [5.74, 6) is 0. The zero-order valence-corrected chi connectivity index (χ0v) is 15.7. The van der Waals surface area contributed by atoms with Crippen LogP contribution in [0.25, 0.3) is 11.6 Å². The Balaban J connectivity index is 2.56. The molecule has 26 heavy (non-hydrogen) atoms. The lowest BCUT2D eigenvalue weighted by molar-refractivity contribution is -0.137. The van der Waals surface area contributed by atoms with Crippen LogP contribution in [0.15, 0.2) is 60.7 Å². The zero-order chi connectivity index (χ0) is 19.4. The lowest BCUT2D eigenvalue weighted by Gasteiger charge is -2.28. The molecule has 0 fully saturated rings. The highest BCUT2D eigenvalue weighted by atomic mass is 32.2. The Labute approximate surface area is 154 Å². The van der Waals surface area contributed by atoms with Crippen molar-refractivity contribution < 1.29 is 17.4 Å². The molecule has 6 heteroatoms. The van der Waals surface area contributed by atoms with Crippen LogP contribution in [-0.2, 0) is 11.0 Å². The van der Waals surface area contributed by atoms with Gasteiger partial charge in [0.15, 0.2) is 0 Å². The van der Waals surface area contributed by atoms with Crippen molar-refractivity contribution in [3.05, 3.63) is 71.8 Å². The fraction of sp³-hybridized carbons (Fsp3) is 0.300. The highest BCUT2D eigenvalue weighted by Gasteiger charge is 2.44. The summed E-state index contributed by atoms with van der Waals surface area (Å²) in [4.78, 5) is 0. The monoisotopic (exact) mass is 381 g/mol. The molecule has 1 unspecified atom stereocenters. The second-order valence-electron chi connectivity index (χ2n) is 6.85. The molecule has 0 saturated heterocycles. The minimum Gasteiger partial charge on any atom is -0.242 e. The van der Waals surface area contributed by atoms with E-state index in [1.54, 1.807) is 81.4 Å². The molecule has 0 aliphatic carbocycles. The molecule has 0 aromatic heterocycles. The molecule has 0 aliphatic heterocycles. The van der Waals surface area contributed by atoms with Gasteiger partial charge in [0.1, 0.15) is 6.04 Å². The molecule has 0 heterocycles. The van der Waals surface area contributed by atoms with Gasteiger partial charge in [0.2, 0.25) is 0 Å². The van der Waals surface area contributed by atoms with Gasteiger partial charge in [-0.2, -0.15) is 13.2 Å². The van der Waals surface area contributed by atoms with Gasteiger partial charge in [0.05, 0.1) is 15.7 Å². The Morgan fingerprint density at radius 1 is 0.962 bits per heavy atom. The standard InChI is InChI=1S/C20H22F3NOS/c1-19(2,3)26(25)24-18(20(21,22)23)17(16-12-8-5-9-13-16)14-15-10-6-4-7-11-15/h4-14,18,24H,1-3H3/b17-14-/t18-,26?/m0/s1. The van der Waals surface area contributed by atoms with Crippen molar-refractivity contribution in [1.82, 2.24) is 4.72 Å². The van der Waals surface area contributed by atoms with Crippen LogP contribution in [0.5, 0.6) is 0 Å². The number of alkyl halides is 3. The molecule has 0 amide bonds. The summed E-state index contributed by atoms with van der Waals surface area (Å²) in [5.41, 5.74) is 1.10. The Kier molecular flexibility index (Phi) is 6.42. The average molecular weight is 381 g/mol. The quantitative estimate of drug-likeness (QED) is 0.708. The molecule has 0 saturated carbocycles. The third-order valence-electron chi connectivity index (χ3n) is 3.65. The van der Waals surface area contributed by atoms with Gasteiger partial charge in [0.25, 0.3) is 0 Å². The van der Waals surface area contributed by atoms with Crippen molar-refractivity contribution in [2.75, 3.05) is 0 Å². The van der Waals surface area contributed by atoms with Crippen LogP contribution < -0.4 is 4.72 Å². The smallest absolute Gasteiger partial charge is 0.242 e. The van der Waals surface area contributed by atoms with E-state index in [-0.39, 0.29) is 5.57 Å². The van der Waals surface area contributed by atoms with Gasteiger partial charge in [-0.1, -0.05) is 60.7 Å². The van der Waals surface area contributed by atoms with Crippen molar-refractivity contribution in [3.8, 4) is 0 Å². The maximum atomic E-state index is 13.9. The van der Waals surface area contributed by atoms with E-state index < -0.39 is 28.0 Å². The topological polar surface area (TPSA) is 29.1 Å². The van der Waals surface area contributed by atoms with E-state index >= 15 is 0 Å². The summed E-state index contributed by atoms with van der Waals surface area (Å²) < 4.78 is 55.5. The molecule has 2 nitrogen and oxygen atoms in total. The first-order chi connectivity index (χ1) is 12.1. The number of nitrogens with one attached hydrogen (secondary N) is 1. The Morgan fingerprint density at radius 3 is 1.92 bits per heavy atom. The summed E-state index contributed by atoms with van der Waals surface area (Å²) in [6, 6.07) is 15.1. The van der Waals surface area contributed by atoms with E-state index in [4.69, 9.17) is 0 Å². The van der Waals surface area contributed by atoms with E-state index in [1.165, 1.54) is 6.08 Å². The number of hydrogen-bond acceptors (Lipinski definition) is 1. The average Bonchev–Trinajstić information content (AvgIpc) is 2.57. The first-order valence-corrected chi connectivity index (χ1v) is 9.31. The second-order valence-corrected chi connectivity index (χ2v) is 8.85. The Morgan fingerprint density at radius 2 is 1.46 bits per heavy atom. The number of benzene rings is 2. The van der Waals surface area contributed by atoms with Crippen LogP contribution >= 0.6 is 0 Å². The fourth-order valence-electron chi connectivity index (χ4n) is 2.28. The highest BCUT2D eigenvalue weighted by molar-refractivity contribution is 7.84. The molecule has 2 rings (SSSR count). The predicted octanol–water partition coefficient (Wildman–Crippen LogP) is 5.21. The van der Waals surface area contributed by atoms with E-state index in [9.17, 15) is 17.4 Å². The maximum absolute atomic E-state index is 13.9. The summed E-state index contributed by atoms with van der Waals surface area (Å²) in [6.45, 7) is 4.89. The molecule has 1 N–H and O–H groups in total. The SMILES string of the molecule is CC(C)(C)S(=O)N[C@@H](/C(=C\c1ccccc1)c1ccccc1)C(F)(F)F. The minimum atomic E-state index is -4.60. The molecule has 0 bridgehead atoms. The van der Waals surface area contributed by atoms with Crippen LogP contribution in [-0.4, -0.2) is 21.2 Å². The summed E-state index contributed by atoms with van der Waals surface area (Å²) in [5, 5.41) is 0. The highest BCUT2D eigenvalue weighted by Crippen LogP contribution is 2.33. The lowest BCUT2D eigenvalue weighted by atomic mass is 9.96. The number of halogens is 3. The summed E-state index contributed by atoms with van der Waals surface area (Å²) in [6.07, 6.45) is -3.11. The van der Waals surface area contributed by atoms with E-state index in [1.807, 2.05) is 0 Å². The van der Waals surface area contributed by atoms with Crippen LogP contribution in [0.3, 0.4) is 0 Å². The third kappa shape index (κ3) is 5.54. The molecule has 0 spiro atoms. The van der Waals surface area contributed by atoms with Crippen molar-refractivity contribution in [3.63, 3.8) is 0 Å². The molecule has 0 aliphatic rings. The second kappa shape index (κ2) is 8.18. The van der Waals surface area contributed by atoms with Crippen LogP contribution in [0, 0.1) is 0 Å². The third-order valence-corrected chi connectivity index (χ3v) is 5.21. The van der Waals surface area contributed by atoms with Gasteiger partial charge in [0, 0.05) is 0 Å². The van der Waals surface area contributed by atoms with Crippen LogP contribution in [0.4, 0.5) is 13.2 Å².